The zero-order chi connectivity index (χ0) is 14.5. The Bertz CT molecular complexity index is 267. The second-order valence-electron chi connectivity index (χ2n) is 7.20. The molecule has 1 rings (SSSR count). The van der Waals surface area contributed by atoms with Crippen LogP contribution in [0.5, 0.6) is 0 Å². The average Bonchev–Trinajstić information content (AvgIpc) is 2.26. The molecule has 3 nitrogen and oxygen atoms in total. The Hall–Kier alpha value is -0.120. The Labute approximate surface area is 120 Å². The van der Waals surface area contributed by atoms with E-state index in [0.29, 0.717) is 11.5 Å². The first-order chi connectivity index (χ1) is 8.80. The molecule has 3 heteroatoms. The van der Waals surface area contributed by atoms with E-state index in [0.717, 1.165) is 32.7 Å². The molecular weight excluding hydrogens is 236 g/mol. The van der Waals surface area contributed by atoms with Crippen LogP contribution in [0.15, 0.2) is 0 Å². The zero-order valence-electron chi connectivity index (χ0n) is 13.9. The molecule has 0 aromatic rings. The summed E-state index contributed by atoms with van der Waals surface area (Å²) in [5.41, 5.74) is 0.353. The van der Waals surface area contributed by atoms with Crippen molar-refractivity contribution in [3.8, 4) is 0 Å². The third-order valence-corrected chi connectivity index (χ3v) is 4.08. The molecule has 0 radical (unpaired) electrons. The van der Waals surface area contributed by atoms with Crippen molar-refractivity contribution in [1.82, 2.24) is 10.2 Å². The van der Waals surface area contributed by atoms with Crippen molar-refractivity contribution in [2.24, 2.45) is 5.41 Å². The number of morpholine rings is 1. The Morgan fingerprint density at radius 1 is 1.37 bits per heavy atom. The fourth-order valence-electron chi connectivity index (χ4n) is 3.11. The van der Waals surface area contributed by atoms with Gasteiger partial charge in [-0.15, -0.1) is 0 Å². The lowest BCUT2D eigenvalue weighted by Gasteiger charge is -2.45. The predicted molar refractivity (Wildman–Crippen MR) is 82.6 cm³/mol. The summed E-state index contributed by atoms with van der Waals surface area (Å²) >= 11 is 0. The Balaban J connectivity index is 2.54. The van der Waals surface area contributed by atoms with Crippen LogP contribution < -0.4 is 5.32 Å². The van der Waals surface area contributed by atoms with E-state index in [-0.39, 0.29) is 5.60 Å². The molecule has 2 unspecified atom stereocenters. The van der Waals surface area contributed by atoms with E-state index in [1.54, 1.807) is 0 Å². The molecule has 0 amide bonds. The highest BCUT2D eigenvalue weighted by Gasteiger charge is 2.34. The van der Waals surface area contributed by atoms with Crippen LogP contribution in [-0.4, -0.2) is 49.3 Å². The van der Waals surface area contributed by atoms with Gasteiger partial charge in [-0.1, -0.05) is 20.8 Å². The van der Waals surface area contributed by atoms with Crippen molar-refractivity contribution < 1.29 is 4.74 Å². The maximum absolute atomic E-state index is 5.99. The normalized spacial score (nSPS) is 27.2. The van der Waals surface area contributed by atoms with Gasteiger partial charge in [-0.3, -0.25) is 4.90 Å². The highest BCUT2D eigenvalue weighted by Crippen LogP contribution is 2.27. The highest BCUT2D eigenvalue weighted by atomic mass is 16.5. The molecule has 114 valence electrons. The van der Waals surface area contributed by atoms with Gasteiger partial charge in [-0.05, 0) is 45.6 Å². The topological polar surface area (TPSA) is 24.5 Å². The van der Waals surface area contributed by atoms with Gasteiger partial charge >= 0.3 is 0 Å². The SMILES string of the molecule is CCCNCC(C)(CC)CN1CC(C)OC(C)(C)C1. The van der Waals surface area contributed by atoms with E-state index in [2.05, 4.69) is 51.8 Å². The Kier molecular flexibility index (Phi) is 6.28. The first-order valence-electron chi connectivity index (χ1n) is 7.91. The third-order valence-electron chi connectivity index (χ3n) is 4.08. The molecule has 0 aromatic heterocycles. The minimum atomic E-state index is -0.0107. The van der Waals surface area contributed by atoms with Gasteiger partial charge in [0.25, 0.3) is 0 Å². The smallest absolute Gasteiger partial charge is 0.0757 e. The van der Waals surface area contributed by atoms with Crippen molar-refractivity contribution in [2.45, 2.75) is 66.1 Å². The maximum Gasteiger partial charge on any atom is 0.0757 e. The lowest BCUT2D eigenvalue weighted by Crippen LogP contribution is -2.55. The van der Waals surface area contributed by atoms with Crippen molar-refractivity contribution in [2.75, 3.05) is 32.7 Å². The molecule has 1 aliphatic rings. The van der Waals surface area contributed by atoms with Gasteiger partial charge in [0.05, 0.1) is 11.7 Å². The summed E-state index contributed by atoms with van der Waals surface area (Å²) in [5, 5.41) is 3.59. The van der Waals surface area contributed by atoms with E-state index in [1.807, 2.05) is 0 Å². The van der Waals surface area contributed by atoms with Gasteiger partial charge in [0.1, 0.15) is 0 Å². The van der Waals surface area contributed by atoms with Crippen molar-refractivity contribution >= 4 is 0 Å². The summed E-state index contributed by atoms with van der Waals surface area (Å²) in [6.45, 7) is 19.0. The molecule has 0 aromatic carbocycles. The monoisotopic (exact) mass is 270 g/mol. The summed E-state index contributed by atoms with van der Waals surface area (Å²) in [6.07, 6.45) is 2.77. The molecule has 1 saturated heterocycles. The lowest BCUT2D eigenvalue weighted by atomic mass is 9.86. The number of ether oxygens (including phenoxy) is 1. The molecule has 19 heavy (non-hydrogen) atoms. The van der Waals surface area contributed by atoms with Crippen LogP contribution in [-0.2, 0) is 4.74 Å². The zero-order valence-corrected chi connectivity index (χ0v) is 13.9. The molecule has 0 spiro atoms. The van der Waals surface area contributed by atoms with E-state index >= 15 is 0 Å². The minimum Gasteiger partial charge on any atom is -0.370 e. The first kappa shape index (κ1) is 16.9. The fraction of sp³-hybridized carbons (Fsp3) is 1.00. The molecule has 0 saturated carbocycles. The van der Waals surface area contributed by atoms with Crippen LogP contribution in [0.3, 0.4) is 0 Å². The molecule has 1 aliphatic heterocycles. The van der Waals surface area contributed by atoms with Crippen LogP contribution in [0.4, 0.5) is 0 Å². The largest absolute Gasteiger partial charge is 0.370 e. The second kappa shape index (κ2) is 7.05. The molecular formula is C16H34N2O. The van der Waals surface area contributed by atoms with Crippen LogP contribution in [0.25, 0.3) is 0 Å². The molecule has 1 N–H and O–H groups in total. The van der Waals surface area contributed by atoms with Crippen molar-refractivity contribution in [3.05, 3.63) is 0 Å². The number of nitrogens with zero attached hydrogens (tertiary/aromatic N) is 1. The van der Waals surface area contributed by atoms with Gasteiger partial charge in [0.2, 0.25) is 0 Å². The molecule has 0 aliphatic carbocycles. The summed E-state index contributed by atoms with van der Waals surface area (Å²) in [4.78, 5) is 2.59. The van der Waals surface area contributed by atoms with Gasteiger partial charge in [0.15, 0.2) is 0 Å². The van der Waals surface area contributed by atoms with E-state index in [4.69, 9.17) is 4.74 Å². The number of rotatable bonds is 7. The number of hydrogen-bond donors (Lipinski definition) is 1. The summed E-state index contributed by atoms with van der Waals surface area (Å²) in [7, 11) is 0. The number of hydrogen-bond acceptors (Lipinski definition) is 3. The highest BCUT2D eigenvalue weighted by molar-refractivity contribution is 4.87. The van der Waals surface area contributed by atoms with Crippen LogP contribution in [0.1, 0.15) is 54.4 Å². The maximum atomic E-state index is 5.99. The summed E-state index contributed by atoms with van der Waals surface area (Å²) in [5.74, 6) is 0. The van der Waals surface area contributed by atoms with Crippen LogP contribution >= 0.6 is 0 Å². The first-order valence-corrected chi connectivity index (χ1v) is 7.91. The van der Waals surface area contributed by atoms with Gasteiger partial charge < -0.3 is 10.1 Å². The van der Waals surface area contributed by atoms with Crippen molar-refractivity contribution in [3.63, 3.8) is 0 Å². The average molecular weight is 270 g/mol. The fourth-order valence-corrected chi connectivity index (χ4v) is 3.11. The third kappa shape index (κ3) is 5.80. The van der Waals surface area contributed by atoms with Crippen molar-refractivity contribution in [1.29, 1.82) is 0 Å². The molecule has 0 bridgehead atoms. The molecule has 1 fully saturated rings. The van der Waals surface area contributed by atoms with Crippen LogP contribution in [0, 0.1) is 5.41 Å². The molecule has 1 heterocycles. The van der Waals surface area contributed by atoms with Gasteiger partial charge in [-0.2, -0.15) is 0 Å². The second-order valence-corrected chi connectivity index (χ2v) is 7.20. The predicted octanol–water partition coefficient (Wildman–Crippen LogP) is 2.90. The van der Waals surface area contributed by atoms with E-state index < -0.39 is 0 Å². The van der Waals surface area contributed by atoms with E-state index in [9.17, 15) is 0 Å². The summed E-state index contributed by atoms with van der Waals surface area (Å²) in [6, 6.07) is 0. The lowest BCUT2D eigenvalue weighted by molar-refractivity contribution is -0.134. The Morgan fingerprint density at radius 3 is 2.58 bits per heavy atom. The minimum absolute atomic E-state index is 0.0107. The van der Waals surface area contributed by atoms with E-state index in [1.165, 1.54) is 12.8 Å². The number of nitrogens with one attached hydrogen (secondary N) is 1. The molecule has 2 atom stereocenters. The Morgan fingerprint density at radius 2 is 2.05 bits per heavy atom. The quantitative estimate of drug-likeness (QED) is 0.720. The van der Waals surface area contributed by atoms with Gasteiger partial charge in [0, 0.05) is 26.2 Å². The van der Waals surface area contributed by atoms with Crippen LogP contribution in [0.2, 0.25) is 0 Å². The standard InChI is InChI=1S/C16H34N2O/c1-7-9-17-11-16(6,8-2)13-18-10-14(3)19-15(4,5)12-18/h14,17H,7-13H2,1-6H3. The summed E-state index contributed by atoms with van der Waals surface area (Å²) < 4.78 is 5.99. The van der Waals surface area contributed by atoms with Gasteiger partial charge in [-0.25, -0.2) is 0 Å².